The Morgan fingerprint density at radius 1 is 0.820 bits per heavy atom. The van der Waals surface area contributed by atoms with Crippen molar-refractivity contribution in [3.8, 4) is 0 Å². The second-order valence-corrected chi connectivity index (χ2v) is 17.8. The summed E-state index contributed by atoms with van der Waals surface area (Å²) in [6, 6.07) is 0. The molecule has 12 nitrogen and oxygen atoms in total. The van der Waals surface area contributed by atoms with Crippen molar-refractivity contribution in [2.24, 2.45) is 46.3 Å². The summed E-state index contributed by atoms with van der Waals surface area (Å²) in [5.41, 5.74) is 1.75. The van der Waals surface area contributed by atoms with Gasteiger partial charge in [-0.1, -0.05) is 39.3 Å². The number of hydrogen-bond acceptors (Lipinski definition) is 12. The Morgan fingerprint density at radius 3 is 2.24 bits per heavy atom. The van der Waals surface area contributed by atoms with E-state index >= 15 is 0 Å². The average molecular weight is 709 g/mol. The Balaban J connectivity index is 0.915. The Labute approximate surface area is 295 Å². The molecule has 4 heterocycles. The zero-order valence-electron chi connectivity index (χ0n) is 30.0. The molecule has 7 fully saturated rings. The first kappa shape index (κ1) is 36.2. The number of hydrogen-bond donors (Lipinski definition) is 6. The molecule has 8 rings (SSSR count). The lowest BCUT2D eigenvalue weighted by Crippen LogP contribution is -2.62. The first-order valence-electron chi connectivity index (χ1n) is 19.4. The smallest absolute Gasteiger partial charge is 0.187 e. The fourth-order valence-corrected chi connectivity index (χ4v) is 12.4. The first-order valence-corrected chi connectivity index (χ1v) is 19.4. The third-order valence-electron chi connectivity index (χ3n) is 15.3. The van der Waals surface area contributed by atoms with E-state index < -0.39 is 74.3 Å². The standard InChI is InChI=1S/C38H60O12/c1-18-7-12-38(45-17-18)19(2)28-25(50-38)14-24-22-6-5-20-13-21(8-10-36(20,3)23(22)9-11-37(24,28)4)46-34-32(44)30(42)33(27(16-40)48-34)49-35-31(43)29(41)26(15-39)47-35/h5,18-19,21-35,39-44H,6-17H2,1-4H3/t18-,19+,21+,22-,23+,24+,25+,26+,27-,28+,29+,30-,31-,32-,33-,34-,35+,36+,37+,38-/m1/s1. The van der Waals surface area contributed by atoms with Gasteiger partial charge < -0.3 is 59.1 Å². The van der Waals surface area contributed by atoms with E-state index in [1.165, 1.54) is 24.8 Å². The lowest BCUT2D eigenvalue weighted by Gasteiger charge is -2.58. The van der Waals surface area contributed by atoms with Gasteiger partial charge in [-0.25, -0.2) is 0 Å². The number of rotatable bonds is 6. The molecule has 50 heavy (non-hydrogen) atoms. The Kier molecular flexibility index (Phi) is 9.59. The van der Waals surface area contributed by atoms with Crippen LogP contribution < -0.4 is 0 Å². The second kappa shape index (κ2) is 13.2. The number of aliphatic hydroxyl groups excluding tert-OH is 6. The van der Waals surface area contributed by atoms with Crippen LogP contribution in [0.2, 0.25) is 0 Å². The third-order valence-corrected chi connectivity index (χ3v) is 15.3. The van der Waals surface area contributed by atoms with Crippen LogP contribution in [0, 0.1) is 46.3 Å². The molecule has 0 amide bonds. The largest absolute Gasteiger partial charge is 0.394 e. The maximum absolute atomic E-state index is 11.1. The van der Waals surface area contributed by atoms with Gasteiger partial charge in [-0.2, -0.15) is 0 Å². The summed E-state index contributed by atoms with van der Waals surface area (Å²) in [7, 11) is 0. The van der Waals surface area contributed by atoms with Gasteiger partial charge in [-0.3, -0.25) is 0 Å². The van der Waals surface area contributed by atoms with E-state index in [1.54, 1.807) is 0 Å². The number of aliphatic hydroxyl groups is 6. The molecule has 0 unspecified atom stereocenters. The van der Waals surface area contributed by atoms with E-state index in [1.807, 2.05) is 0 Å². The van der Waals surface area contributed by atoms with Gasteiger partial charge in [0.15, 0.2) is 18.4 Å². The molecule has 0 bridgehead atoms. The van der Waals surface area contributed by atoms with Crippen molar-refractivity contribution >= 4 is 0 Å². The minimum Gasteiger partial charge on any atom is -0.394 e. The van der Waals surface area contributed by atoms with Crippen LogP contribution in [0.3, 0.4) is 0 Å². The SMILES string of the molecule is C[C@@H]1CC[C@@]2(OC1)O[C@H]1C[C@H]3[C@@H]4CC=C5C[C@@H](O[C@@H]6O[C@H](CO)[C@@H](O[C@@H]7O[C@@H](CO)[C@H](O)[C@H]7O)[C@H](O)[C@H]6O)CC[C@]5(C)[C@H]4CC[C@]3(C)[C@H]1[C@@H]2C. The summed E-state index contributed by atoms with van der Waals surface area (Å²) < 4.78 is 36.9. The zero-order valence-corrected chi connectivity index (χ0v) is 30.0. The topological polar surface area (TPSA) is 177 Å². The van der Waals surface area contributed by atoms with E-state index in [9.17, 15) is 30.6 Å². The van der Waals surface area contributed by atoms with Gasteiger partial charge in [0.1, 0.15) is 42.7 Å². The fraction of sp³-hybridized carbons (Fsp3) is 0.947. The van der Waals surface area contributed by atoms with E-state index in [-0.39, 0.29) is 23.0 Å². The Hall–Kier alpha value is -0.740. The van der Waals surface area contributed by atoms with Crippen LogP contribution in [0.15, 0.2) is 11.6 Å². The van der Waals surface area contributed by atoms with Crippen LogP contribution in [0.5, 0.6) is 0 Å². The quantitative estimate of drug-likeness (QED) is 0.222. The Morgan fingerprint density at radius 2 is 1.54 bits per heavy atom. The van der Waals surface area contributed by atoms with Gasteiger partial charge in [0.2, 0.25) is 0 Å². The van der Waals surface area contributed by atoms with Crippen molar-refractivity contribution in [1.29, 1.82) is 0 Å². The van der Waals surface area contributed by atoms with Gasteiger partial charge in [0.25, 0.3) is 0 Å². The van der Waals surface area contributed by atoms with Crippen molar-refractivity contribution < 1.29 is 59.1 Å². The molecular weight excluding hydrogens is 648 g/mol. The summed E-state index contributed by atoms with van der Waals surface area (Å²) in [4.78, 5) is 0. The zero-order chi connectivity index (χ0) is 35.3. The maximum atomic E-state index is 11.1. The van der Waals surface area contributed by atoms with E-state index in [0.29, 0.717) is 35.5 Å². The highest BCUT2D eigenvalue weighted by atomic mass is 16.7. The highest BCUT2D eigenvalue weighted by molar-refractivity contribution is 5.26. The minimum atomic E-state index is -1.52. The summed E-state index contributed by atoms with van der Waals surface area (Å²) in [6.45, 7) is 9.41. The Bertz CT molecular complexity index is 1270. The summed E-state index contributed by atoms with van der Waals surface area (Å²) in [6.07, 6.45) is -0.0498. The molecule has 6 N–H and O–H groups in total. The monoisotopic (exact) mass is 708 g/mol. The highest BCUT2D eigenvalue weighted by Gasteiger charge is 2.68. The molecule has 0 aromatic heterocycles. The maximum Gasteiger partial charge on any atom is 0.187 e. The predicted octanol–water partition coefficient (Wildman–Crippen LogP) is 2.00. The van der Waals surface area contributed by atoms with Gasteiger partial charge in [-0.15, -0.1) is 0 Å². The molecule has 0 radical (unpaired) electrons. The summed E-state index contributed by atoms with van der Waals surface area (Å²) >= 11 is 0. The molecule has 3 saturated carbocycles. The van der Waals surface area contributed by atoms with Crippen molar-refractivity contribution in [2.75, 3.05) is 19.8 Å². The van der Waals surface area contributed by atoms with Crippen LogP contribution in [-0.2, 0) is 28.4 Å². The molecule has 12 heteroatoms. The van der Waals surface area contributed by atoms with E-state index in [2.05, 4.69) is 33.8 Å². The highest BCUT2D eigenvalue weighted by Crippen LogP contribution is 2.70. The lowest BCUT2D eigenvalue weighted by molar-refractivity contribution is -0.337. The molecule has 8 aliphatic rings. The molecule has 4 aliphatic heterocycles. The van der Waals surface area contributed by atoms with E-state index in [4.69, 9.17) is 28.4 Å². The van der Waals surface area contributed by atoms with Crippen LogP contribution >= 0.6 is 0 Å². The normalized spacial score (nSPS) is 57.6. The fourth-order valence-electron chi connectivity index (χ4n) is 12.4. The van der Waals surface area contributed by atoms with Crippen LogP contribution in [0.1, 0.15) is 85.5 Å². The van der Waals surface area contributed by atoms with Crippen LogP contribution in [0.4, 0.5) is 0 Å². The average Bonchev–Trinajstić information content (AvgIpc) is 3.66. The van der Waals surface area contributed by atoms with Gasteiger partial charge in [0.05, 0.1) is 32.0 Å². The molecule has 0 aromatic rings. The van der Waals surface area contributed by atoms with Crippen molar-refractivity contribution in [3.05, 3.63) is 11.6 Å². The van der Waals surface area contributed by atoms with Crippen LogP contribution in [0.25, 0.3) is 0 Å². The first-order chi connectivity index (χ1) is 23.8. The molecule has 4 saturated heterocycles. The number of ether oxygens (including phenoxy) is 6. The molecular formula is C38H60O12. The lowest BCUT2D eigenvalue weighted by atomic mass is 9.47. The van der Waals surface area contributed by atoms with Gasteiger partial charge in [0, 0.05) is 12.3 Å². The molecule has 20 atom stereocenters. The summed E-state index contributed by atoms with van der Waals surface area (Å²) in [5, 5.41) is 62.1. The predicted molar refractivity (Wildman–Crippen MR) is 177 cm³/mol. The summed E-state index contributed by atoms with van der Waals surface area (Å²) in [5.74, 6) is 3.01. The van der Waals surface area contributed by atoms with Crippen molar-refractivity contribution in [1.82, 2.24) is 0 Å². The van der Waals surface area contributed by atoms with Crippen LogP contribution in [-0.4, -0.2) is 124 Å². The number of fused-ring (bicyclic) bond motifs is 7. The van der Waals surface area contributed by atoms with Gasteiger partial charge in [-0.05, 0) is 91.8 Å². The molecule has 4 aliphatic carbocycles. The third kappa shape index (κ3) is 5.53. The molecule has 284 valence electrons. The minimum absolute atomic E-state index is 0.0787. The van der Waals surface area contributed by atoms with E-state index in [0.717, 1.165) is 45.1 Å². The molecule has 0 aromatic carbocycles. The van der Waals surface area contributed by atoms with Gasteiger partial charge >= 0.3 is 0 Å². The second-order valence-electron chi connectivity index (χ2n) is 17.8. The van der Waals surface area contributed by atoms with Crippen molar-refractivity contribution in [2.45, 2.75) is 159 Å². The van der Waals surface area contributed by atoms with Crippen molar-refractivity contribution in [3.63, 3.8) is 0 Å². The number of allylic oxidation sites excluding steroid dienone is 1. The molecule has 1 spiro atoms.